The minimum Gasteiger partial charge on any atom is -0.652 e. The number of hydrogen-bond donors (Lipinski definition) is 0. The van der Waals surface area contributed by atoms with E-state index >= 15 is 0 Å². The van der Waals surface area contributed by atoms with Gasteiger partial charge in [0, 0.05) is 11.6 Å². The number of benzene rings is 1. The molecule has 0 atom stereocenters. The van der Waals surface area contributed by atoms with E-state index in [0.717, 1.165) is 22.2 Å². The van der Waals surface area contributed by atoms with Gasteiger partial charge >= 0.3 is 16.6 Å². The zero-order valence-electron chi connectivity index (χ0n) is 7.32. The van der Waals surface area contributed by atoms with E-state index in [1.807, 2.05) is 31.3 Å². The molecular formula is C10H8AlNO. The molecule has 0 saturated heterocycles. The second kappa shape index (κ2) is 3.37. The molecule has 2 radical (unpaired) electrons. The van der Waals surface area contributed by atoms with Crippen molar-refractivity contribution in [2.24, 2.45) is 0 Å². The maximum atomic E-state index is 5.12. The van der Waals surface area contributed by atoms with E-state index in [1.165, 1.54) is 0 Å². The number of pyridine rings is 1. The summed E-state index contributed by atoms with van der Waals surface area (Å²) in [6, 6.07) is 7.98. The third kappa shape index (κ3) is 1.53. The number of rotatable bonds is 1. The molecule has 0 aliphatic carbocycles. The number of fused-ring (bicyclic) bond motifs is 1. The van der Waals surface area contributed by atoms with Crippen LogP contribution in [0.25, 0.3) is 10.9 Å². The zero-order chi connectivity index (χ0) is 9.26. The zero-order valence-corrected chi connectivity index (χ0v) is 8.47. The lowest BCUT2D eigenvalue weighted by molar-refractivity contribution is 0.622. The van der Waals surface area contributed by atoms with Crippen LogP contribution in [0.5, 0.6) is 5.75 Å². The van der Waals surface area contributed by atoms with Crippen molar-refractivity contribution in [3.63, 3.8) is 0 Å². The van der Waals surface area contributed by atoms with Crippen molar-refractivity contribution in [3.8, 4) is 5.75 Å². The molecule has 0 aliphatic rings. The lowest BCUT2D eigenvalue weighted by atomic mass is 10.2. The first-order valence-corrected chi connectivity index (χ1v) is 4.50. The Morgan fingerprint density at radius 2 is 2.23 bits per heavy atom. The van der Waals surface area contributed by atoms with E-state index in [9.17, 15) is 0 Å². The van der Waals surface area contributed by atoms with E-state index in [4.69, 9.17) is 3.79 Å². The summed E-state index contributed by atoms with van der Waals surface area (Å²) in [5, 5.41) is 1.11. The quantitative estimate of drug-likeness (QED) is 0.634. The predicted octanol–water partition coefficient (Wildman–Crippen LogP) is 2.01. The molecule has 1 heterocycles. The molecule has 0 spiro atoms. The molecule has 3 heteroatoms. The van der Waals surface area contributed by atoms with Crippen LogP contribution in [0.15, 0.2) is 30.5 Å². The van der Waals surface area contributed by atoms with Gasteiger partial charge in [0.1, 0.15) is 11.3 Å². The molecule has 2 rings (SSSR count). The van der Waals surface area contributed by atoms with Gasteiger partial charge in [0.25, 0.3) is 0 Å². The molecule has 62 valence electrons. The molecule has 0 N–H and O–H groups in total. The Labute approximate surface area is 85.3 Å². The number of aromatic nitrogens is 1. The predicted molar refractivity (Wildman–Crippen MR) is 52.9 cm³/mol. The molecule has 0 bridgehead atoms. The molecule has 0 fully saturated rings. The summed E-state index contributed by atoms with van der Waals surface area (Å²) in [5.74, 6) is 0.794. The van der Waals surface area contributed by atoms with Gasteiger partial charge in [0.2, 0.25) is 0 Å². The summed E-state index contributed by atoms with van der Waals surface area (Å²) in [5.41, 5.74) is 2.07. The third-order valence-corrected chi connectivity index (χ3v) is 2.19. The minimum atomic E-state index is 0.794. The van der Waals surface area contributed by atoms with Crippen molar-refractivity contribution < 1.29 is 3.79 Å². The Morgan fingerprint density at radius 1 is 1.38 bits per heavy atom. The van der Waals surface area contributed by atoms with Crippen LogP contribution >= 0.6 is 0 Å². The van der Waals surface area contributed by atoms with Crippen molar-refractivity contribution in [1.82, 2.24) is 4.98 Å². The Bertz CT molecular complexity index is 442. The Morgan fingerprint density at radius 3 is 3.00 bits per heavy atom. The molecule has 0 unspecified atom stereocenters. The van der Waals surface area contributed by atoms with Crippen LogP contribution in [0.3, 0.4) is 0 Å². The van der Waals surface area contributed by atoms with Crippen molar-refractivity contribution in [2.75, 3.05) is 0 Å². The Kier molecular flexibility index (Phi) is 2.22. The monoisotopic (exact) mass is 185 g/mol. The maximum Gasteiger partial charge on any atom is 0.482 e. The minimum absolute atomic E-state index is 0.794. The van der Waals surface area contributed by atoms with Gasteiger partial charge in [0.05, 0.1) is 0 Å². The van der Waals surface area contributed by atoms with Crippen molar-refractivity contribution in [1.29, 1.82) is 0 Å². The SMILES string of the molecule is Cc1cnc2c([O][Al])cccc2c1. The van der Waals surface area contributed by atoms with Gasteiger partial charge in [-0.15, -0.1) is 0 Å². The first kappa shape index (κ1) is 8.56. The number of hydrogen-bond acceptors (Lipinski definition) is 2. The largest absolute Gasteiger partial charge is 0.652 e. The fourth-order valence-electron chi connectivity index (χ4n) is 1.34. The van der Waals surface area contributed by atoms with Gasteiger partial charge in [-0.25, -0.2) is 0 Å². The first-order valence-electron chi connectivity index (χ1n) is 4.03. The van der Waals surface area contributed by atoms with Crippen LogP contribution in [0, 0.1) is 6.92 Å². The number of nitrogens with zero attached hydrogens (tertiary/aromatic N) is 1. The standard InChI is InChI=1S/C10H9NO.Al/c1-7-5-8-3-2-4-9(12)10(8)11-6-7;/h2-6,12H,1H3;/q;+1/p-1. The van der Waals surface area contributed by atoms with Crippen molar-refractivity contribution in [3.05, 3.63) is 36.0 Å². The van der Waals surface area contributed by atoms with Crippen molar-refractivity contribution in [2.45, 2.75) is 6.92 Å². The van der Waals surface area contributed by atoms with E-state index in [1.54, 1.807) is 0 Å². The molecule has 0 saturated carbocycles. The normalized spacial score (nSPS) is 10.2. The highest BCUT2D eigenvalue weighted by Gasteiger charge is 1.99. The summed E-state index contributed by atoms with van der Waals surface area (Å²) < 4.78 is 5.12. The van der Waals surface area contributed by atoms with Gasteiger partial charge in [0.15, 0.2) is 0 Å². The highest BCUT2D eigenvalue weighted by Crippen LogP contribution is 2.22. The molecule has 1 aromatic carbocycles. The van der Waals surface area contributed by atoms with Crippen LogP contribution in [0.1, 0.15) is 5.56 Å². The highest BCUT2D eigenvalue weighted by molar-refractivity contribution is 6.01. The fourth-order valence-corrected chi connectivity index (χ4v) is 1.53. The third-order valence-electron chi connectivity index (χ3n) is 1.94. The number of aryl methyl sites for hydroxylation is 1. The van der Waals surface area contributed by atoms with Gasteiger partial charge in [-0.2, -0.15) is 0 Å². The van der Waals surface area contributed by atoms with Crippen molar-refractivity contribution >= 4 is 27.5 Å². The average molecular weight is 185 g/mol. The number of para-hydroxylation sites is 1. The van der Waals surface area contributed by atoms with Crippen LogP contribution in [0.4, 0.5) is 0 Å². The van der Waals surface area contributed by atoms with E-state index in [0.29, 0.717) is 0 Å². The van der Waals surface area contributed by atoms with E-state index < -0.39 is 0 Å². The highest BCUT2D eigenvalue weighted by atomic mass is 27.1. The second-order valence-corrected chi connectivity index (χ2v) is 3.19. The van der Waals surface area contributed by atoms with Gasteiger partial charge in [-0.05, 0) is 24.6 Å². The molecule has 2 nitrogen and oxygen atoms in total. The fraction of sp³-hybridized carbons (Fsp3) is 0.100. The van der Waals surface area contributed by atoms with Gasteiger partial charge in [-0.3, -0.25) is 4.98 Å². The molecular weight excluding hydrogens is 177 g/mol. The molecule has 0 aliphatic heterocycles. The molecule has 2 aromatic rings. The molecule has 1 aromatic heterocycles. The van der Waals surface area contributed by atoms with Crippen LogP contribution in [-0.2, 0) is 0 Å². The smallest absolute Gasteiger partial charge is 0.482 e. The summed E-state index contributed by atoms with van der Waals surface area (Å²) in [7, 11) is 0. The lowest BCUT2D eigenvalue weighted by Gasteiger charge is -2.06. The Balaban J connectivity index is 2.77. The Hall–Kier alpha value is -1.04. The summed E-state index contributed by atoms with van der Waals surface area (Å²) in [6.07, 6.45) is 1.84. The summed E-state index contributed by atoms with van der Waals surface area (Å²) in [6.45, 7) is 2.03. The van der Waals surface area contributed by atoms with Crippen LogP contribution < -0.4 is 3.79 Å². The molecule has 13 heavy (non-hydrogen) atoms. The van der Waals surface area contributed by atoms with Crippen LogP contribution in [0.2, 0.25) is 0 Å². The summed E-state index contributed by atoms with van der Waals surface area (Å²) in [4.78, 5) is 4.31. The van der Waals surface area contributed by atoms with E-state index in [2.05, 4.69) is 27.7 Å². The van der Waals surface area contributed by atoms with Crippen LogP contribution in [-0.4, -0.2) is 21.6 Å². The van der Waals surface area contributed by atoms with Gasteiger partial charge in [-0.1, -0.05) is 12.1 Å². The lowest BCUT2D eigenvalue weighted by Crippen LogP contribution is -1.89. The maximum absolute atomic E-state index is 5.12. The first-order chi connectivity index (χ1) is 6.31. The summed E-state index contributed by atoms with van der Waals surface area (Å²) >= 11 is 2.24. The average Bonchev–Trinajstić information content (AvgIpc) is 2.16. The van der Waals surface area contributed by atoms with E-state index in [-0.39, 0.29) is 0 Å². The molecule has 0 amide bonds. The second-order valence-electron chi connectivity index (χ2n) is 2.96. The topological polar surface area (TPSA) is 22.1 Å². The van der Waals surface area contributed by atoms with Gasteiger partial charge < -0.3 is 3.79 Å².